The maximum absolute atomic E-state index is 5.16. The molecule has 0 spiro atoms. The van der Waals surface area contributed by atoms with Gasteiger partial charge in [-0.3, -0.25) is 0 Å². The van der Waals surface area contributed by atoms with Crippen molar-refractivity contribution in [2.45, 2.75) is 10.1 Å². The summed E-state index contributed by atoms with van der Waals surface area (Å²) < 4.78 is 6.11. The van der Waals surface area contributed by atoms with E-state index in [1.807, 2.05) is 42.5 Å². The minimum Gasteiger partial charge on any atom is -0.497 e. The molecule has 0 aliphatic rings. The molecular formula is C16H15N3OS2. The molecule has 2 aromatic carbocycles. The Bertz CT molecular complexity index is 714. The third kappa shape index (κ3) is 3.99. The number of para-hydroxylation sites is 1. The molecule has 0 fully saturated rings. The molecule has 0 amide bonds. The topological polar surface area (TPSA) is 47.0 Å². The Morgan fingerprint density at radius 1 is 1.05 bits per heavy atom. The van der Waals surface area contributed by atoms with E-state index >= 15 is 0 Å². The highest BCUT2D eigenvalue weighted by molar-refractivity contribution is 8.00. The van der Waals surface area contributed by atoms with Crippen LogP contribution in [0.15, 0.2) is 58.9 Å². The molecule has 0 saturated carbocycles. The molecule has 1 heterocycles. The summed E-state index contributed by atoms with van der Waals surface area (Å²) >= 11 is 3.24. The Kier molecular flexibility index (Phi) is 4.92. The maximum atomic E-state index is 5.16. The lowest BCUT2D eigenvalue weighted by Crippen LogP contribution is -1.87. The lowest BCUT2D eigenvalue weighted by atomic mass is 10.2. The van der Waals surface area contributed by atoms with Gasteiger partial charge in [-0.2, -0.15) is 0 Å². The number of anilines is 2. The Balaban J connectivity index is 1.57. The molecular weight excluding hydrogens is 314 g/mol. The monoisotopic (exact) mass is 329 g/mol. The molecule has 6 heteroatoms. The van der Waals surface area contributed by atoms with E-state index in [9.17, 15) is 0 Å². The molecule has 0 atom stereocenters. The number of rotatable bonds is 6. The zero-order valence-corrected chi connectivity index (χ0v) is 13.7. The van der Waals surface area contributed by atoms with Gasteiger partial charge in [0, 0.05) is 11.4 Å². The van der Waals surface area contributed by atoms with Crippen LogP contribution in [0.2, 0.25) is 0 Å². The molecule has 22 heavy (non-hydrogen) atoms. The maximum Gasteiger partial charge on any atom is 0.210 e. The molecule has 0 bridgehead atoms. The molecule has 4 nitrogen and oxygen atoms in total. The van der Waals surface area contributed by atoms with Gasteiger partial charge in [-0.1, -0.05) is 53.4 Å². The van der Waals surface area contributed by atoms with Gasteiger partial charge in [0.1, 0.15) is 5.75 Å². The predicted octanol–water partition coefficient (Wildman–Crippen LogP) is 4.58. The van der Waals surface area contributed by atoms with Crippen molar-refractivity contribution in [1.29, 1.82) is 0 Å². The van der Waals surface area contributed by atoms with Gasteiger partial charge in [0.25, 0.3) is 0 Å². The molecule has 0 radical (unpaired) electrons. The number of hydrogen-bond donors (Lipinski definition) is 1. The smallest absolute Gasteiger partial charge is 0.210 e. The van der Waals surface area contributed by atoms with Crippen LogP contribution in [0.3, 0.4) is 0 Å². The summed E-state index contributed by atoms with van der Waals surface area (Å²) in [5.41, 5.74) is 2.25. The van der Waals surface area contributed by atoms with Crippen LogP contribution in [0, 0.1) is 0 Å². The normalized spacial score (nSPS) is 10.4. The standard InChI is InChI=1S/C16H15N3OS2/c1-20-14-9-7-12(8-10-14)11-21-16-19-18-15(22-16)17-13-5-3-2-4-6-13/h2-10H,11H2,1H3,(H,17,18). The first-order valence-corrected chi connectivity index (χ1v) is 8.55. The van der Waals surface area contributed by atoms with E-state index in [0.717, 1.165) is 26.7 Å². The van der Waals surface area contributed by atoms with E-state index in [-0.39, 0.29) is 0 Å². The van der Waals surface area contributed by atoms with Gasteiger partial charge in [0.05, 0.1) is 7.11 Å². The minimum absolute atomic E-state index is 0.809. The van der Waals surface area contributed by atoms with Crippen LogP contribution in [-0.4, -0.2) is 17.3 Å². The van der Waals surface area contributed by atoms with Crippen LogP contribution in [0.5, 0.6) is 5.75 Å². The van der Waals surface area contributed by atoms with Crippen LogP contribution in [-0.2, 0) is 5.75 Å². The average molecular weight is 329 g/mol. The predicted molar refractivity (Wildman–Crippen MR) is 92.2 cm³/mol. The van der Waals surface area contributed by atoms with Gasteiger partial charge < -0.3 is 10.1 Å². The Labute approximate surface area is 137 Å². The zero-order chi connectivity index (χ0) is 15.2. The molecule has 0 unspecified atom stereocenters. The van der Waals surface area contributed by atoms with Crippen molar-refractivity contribution in [3.8, 4) is 5.75 Å². The highest BCUT2D eigenvalue weighted by atomic mass is 32.2. The molecule has 0 aliphatic heterocycles. The van der Waals surface area contributed by atoms with Crippen molar-refractivity contribution in [1.82, 2.24) is 10.2 Å². The summed E-state index contributed by atoms with van der Waals surface area (Å²) in [5.74, 6) is 1.74. The van der Waals surface area contributed by atoms with Crippen molar-refractivity contribution < 1.29 is 4.74 Å². The highest BCUT2D eigenvalue weighted by Crippen LogP contribution is 2.30. The summed E-state index contributed by atoms with van der Waals surface area (Å²) in [6, 6.07) is 18.0. The Hall–Kier alpha value is -2.05. The van der Waals surface area contributed by atoms with E-state index in [1.165, 1.54) is 5.56 Å². The summed E-state index contributed by atoms with van der Waals surface area (Å²) in [5, 5.41) is 12.4. The quantitative estimate of drug-likeness (QED) is 0.671. The number of hydrogen-bond acceptors (Lipinski definition) is 6. The lowest BCUT2D eigenvalue weighted by Gasteiger charge is -2.01. The number of aromatic nitrogens is 2. The van der Waals surface area contributed by atoms with E-state index in [1.54, 1.807) is 30.2 Å². The van der Waals surface area contributed by atoms with Crippen LogP contribution in [0.4, 0.5) is 10.8 Å². The second kappa shape index (κ2) is 7.29. The molecule has 0 saturated heterocycles. The largest absolute Gasteiger partial charge is 0.497 e. The highest BCUT2D eigenvalue weighted by Gasteiger charge is 2.05. The van der Waals surface area contributed by atoms with E-state index in [2.05, 4.69) is 27.6 Å². The van der Waals surface area contributed by atoms with E-state index in [4.69, 9.17) is 4.74 Å². The molecule has 1 N–H and O–H groups in total. The van der Waals surface area contributed by atoms with E-state index in [0.29, 0.717) is 0 Å². The number of methoxy groups -OCH3 is 1. The Morgan fingerprint density at radius 3 is 2.55 bits per heavy atom. The van der Waals surface area contributed by atoms with Crippen molar-refractivity contribution in [2.75, 3.05) is 12.4 Å². The molecule has 112 valence electrons. The van der Waals surface area contributed by atoms with Crippen LogP contribution in [0.25, 0.3) is 0 Å². The van der Waals surface area contributed by atoms with Crippen molar-refractivity contribution >= 4 is 33.9 Å². The number of ether oxygens (including phenoxy) is 1. The van der Waals surface area contributed by atoms with Gasteiger partial charge in [-0.15, -0.1) is 10.2 Å². The average Bonchev–Trinajstić information content (AvgIpc) is 3.02. The fraction of sp³-hybridized carbons (Fsp3) is 0.125. The van der Waals surface area contributed by atoms with Gasteiger partial charge in [-0.05, 0) is 29.8 Å². The lowest BCUT2D eigenvalue weighted by molar-refractivity contribution is 0.414. The van der Waals surface area contributed by atoms with Crippen molar-refractivity contribution in [3.05, 3.63) is 60.2 Å². The van der Waals surface area contributed by atoms with Gasteiger partial charge in [0.15, 0.2) is 4.34 Å². The molecule has 1 aromatic heterocycles. The zero-order valence-electron chi connectivity index (χ0n) is 12.0. The first-order valence-electron chi connectivity index (χ1n) is 6.75. The number of nitrogens with one attached hydrogen (secondary N) is 1. The van der Waals surface area contributed by atoms with Crippen LogP contribution in [0.1, 0.15) is 5.56 Å². The number of benzene rings is 2. The fourth-order valence-electron chi connectivity index (χ4n) is 1.83. The molecule has 0 aliphatic carbocycles. The SMILES string of the molecule is COc1ccc(CSc2nnc(Nc3ccccc3)s2)cc1. The third-order valence-corrected chi connectivity index (χ3v) is 5.00. The van der Waals surface area contributed by atoms with Gasteiger partial charge in [-0.25, -0.2) is 0 Å². The molecule has 3 aromatic rings. The van der Waals surface area contributed by atoms with Crippen LogP contribution >= 0.6 is 23.1 Å². The fourth-order valence-corrected chi connectivity index (χ4v) is 3.56. The Morgan fingerprint density at radius 2 is 1.82 bits per heavy atom. The second-order valence-corrected chi connectivity index (χ2v) is 6.70. The molecule has 3 rings (SSSR count). The number of thioether (sulfide) groups is 1. The first-order chi connectivity index (χ1) is 10.8. The first kappa shape index (κ1) is 14.9. The number of nitrogens with zero attached hydrogens (tertiary/aromatic N) is 2. The van der Waals surface area contributed by atoms with Gasteiger partial charge >= 0.3 is 0 Å². The van der Waals surface area contributed by atoms with Crippen molar-refractivity contribution in [3.63, 3.8) is 0 Å². The second-order valence-electron chi connectivity index (χ2n) is 4.50. The summed E-state index contributed by atoms with van der Waals surface area (Å²) in [7, 11) is 1.67. The van der Waals surface area contributed by atoms with E-state index < -0.39 is 0 Å². The summed E-state index contributed by atoms with van der Waals surface area (Å²) in [6.45, 7) is 0. The van der Waals surface area contributed by atoms with Crippen molar-refractivity contribution in [2.24, 2.45) is 0 Å². The summed E-state index contributed by atoms with van der Waals surface area (Å²) in [6.07, 6.45) is 0. The third-order valence-electron chi connectivity index (χ3n) is 2.95. The minimum atomic E-state index is 0.809. The van der Waals surface area contributed by atoms with Gasteiger partial charge in [0.2, 0.25) is 5.13 Å². The van der Waals surface area contributed by atoms with Crippen LogP contribution < -0.4 is 10.1 Å². The summed E-state index contributed by atoms with van der Waals surface area (Å²) in [4.78, 5) is 0.